The van der Waals surface area contributed by atoms with E-state index in [0.717, 1.165) is 44.7 Å². The lowest BCUT2D eigenvalue weighted by Gasteiger charge is -2.47. The predicted octanol–water partition coefficient (Wildman–Crippen LogP) is 3.42. The van der Waals surface area contributed by atoms with Crippen molar-refractivity contribution in [1.82, 2.24) is 9.80 Å². The van der Waals surface area contributed by atoms with Gasteiger partial charge < -0.3 is 14.4 Å². The van der Waals surface area contributed by atoms with Crippen LogP contribution >= 0.6 is 0 Å². The lowest BCUT2D eigenvalue weighted by Crippen LogP contribution is -2.57. The van der Waals surface area contributed by atoms with Crippen LogP contribution in [0.5, 0.6) is 0 Å². The molecule has 1 amide bonds. The largest absolute Gasteiger partial charge is 0.478 e. The van der Waals surface area contributed by atoms with Gasteiger partial charge >= 0.3 is 6.09 Å². The molecule has 0 aromatic heterocycles. The van der Waals surface area contributed by atoms with E-state index in [2.05, 4.69) is 4.90 Å². The van der Waals surface area contributed by atoms with Crippen molar-refractivity contribution < 1.29 is 19.1 Å². The lowest BCUT2D eigenvalue weighted by atomic mass is 9.79. The van der Waals surface area contributed by atoms with Crippen molar-refractivity contribution in [2.45, 2.75) is 39.4 Å². The summed E-state index contributed by atoms with van der Waals surface area (Å²) in [5.41, 5.74) is 0.751. The van der Waals surface area contributed by atoms with Crippen LogP contribution in [0.1, 0.15) is 32.8 Å². The Labute approximate surface area is 172 Å². The molecule has 6 nitrogen and oxygen atoms in total. The zero-order valence-corrected chi connectivity index (χ0v) is 17.5. The molecule has 1 aromatic rings. The van der Waals surface area contributed by atoms with E-state index in [1.807, 2.05) is 68.0 Å². The van der Waals surface area contributed by atoms with Crippen molar-refractivity contribution in [3.63, 3.8) is 0 Å². The third kappa shape index (κ3) is 5.96. The van der Waals surface area contributed by atoms with Gasteiger partial charge in [-0.05, 0) is 38.8 Å². The average Bonchev–Trinajstić information content (AvgIpc) is 3.10. The SMILES string of the molecule is CC(C)(C)OC(=C=O)/C=C/CN1CC2(CCN(C(=O)OCc3ccccc3)C2)C1. The first kappa shape index (κ1) is 21.2. The van der Waals surface area contributed by atoms with Crippen LogP contribution in [0, 0.1) is 5.41 Å². The van der Waals surface area contributed by atoms with Crippen molar-refractivity contribution in [3.05, 3.63) is 53.8 Å². The molecule has 2 fully saturated rings. The number of carbonyl (C=O) groups is 1. The first-order chi connectivity index (χ1) is 13.8. The van der Waals surface area contributed by atoms with Crippen LogP contribution in [-0.4, -0.2) is 60.2 Å². The quantitative estimate of drug-likeness (QED) is 0.417. The highest BCUT2D eigenvalue weighted by molar-refractivity contribution is 5.68. The van der Waals surface area contributed by atoms with Crippen molar-refractivity contribution in [2.75, 3.05) is 32.7 Å². The highest BCUT2D eigenvalue weighted by Crippen LogP contribution is 2.39. The van der Waals surface area contributed by atoms with Crippen molar-refractivity contribution >= 4 is 12.0 Å². The van der Waals surface area contributed by atoms with Crippen LogP contribution in [0.4, 0.5) is 4.79 Å². The molecule has 0 N–H and O–H groups in total. The second-order valence-electron chi connectivity index (χ2n) is 8.96. The Bertz CT molecular complexity index is 785. The van der Waals surface area contributed by atoms with E-state index in [9.17, 15) is 9.59 Å². The minimum atomic E-state index is -0.416. The van der Waals surface area contributed by atoms with E-state index in [1.165, 1.54) is 0 Å². The number of ether oxygens (including phenoxy) is 2. The highest BCUT2D eigenvalue weighted by Gasteiger charge is 2.48. The molecule has 1 aromatic carbocycles. The van der Waals surface area contributed by atoms with Gasteiger partial charge in [-0.3, -0.25) is 4.90 Å². The maximum atomic E-state index is 12.3. The van der Waals surface area contributed by atoms with Crippen LogP contribution in [0.15, 0.2) is 48.2 Å². The average molecular weight is 399 g/mol. The summed E-state index contributed by atoms with van der Waals surface area (Å²) in [5, 5.41) is 0. The van der Waals surface area contributed by atoms with Gasteiger partial charge in [0.25, 0.3) is 0 Å². The number of amides is 1. The van der Waals surface area contributed by atoms with Crippen molar-refractivity contribution in [3.8, 4) is 0 Å². The van der Waals surface area contributed by atoms with E-state index in [-0.39, 0.29) is 17.3 Å². The molecule has 3 rings (SSSR count). The Kier molecular flexibility index (Phi) is 6.46. The number of nitrogens with zero attached hydrogens (tertiary/aromatic N) is 2. The number of benzene rings is 1. The Balaban J connectivity index is 1.39. The summed E-state index contributed by atoms with van der Waals surface area (Å²) >= 11 is 0. The Morgan fingerprint density at radius 3 is 2.59 bits per heavy atom. The molecule has 0 unspecified atom stereocenters. The number of allylic oxidation sites excluding steroid dienone is 1. The van der Waals surface area contributed by atoms with Crippen LogP contribution < -0.4 is 0 Å². The highest BCUT2D eigenvalue weighted by atomic mass is 16.6. The molecule has 0 saturated carbocycles. The van der Waals surface area contributed by atoms with E-state index in [4.69, 9.17) is 9.47 Å². The zero-order valence-electron chi connectivity index (χ0n) is 17.5. The third-order valence-corrected chi connectivity index (χ3v) is 5.17. The Morgan fingerprint density at radius 1 is 1.21 bits per heavy atom. The fourth-order valence-electron chi connectivity index (χ4n) is 3.92. The predicted molar refractivity (Wildman–Crippen MR) is 111 cm³/mol. The van der Waals surface area contributed by atoms with E-state index >= 15 is 0 Å². The van der Waals surface area contributed by atoms with Crippen molar-refractivity contribution in [1.29, 1.82) is 0 Å². The Morgan fingerprint density at radius 2 is 1.93 bits per heavy atom. The molecule has 2 aliphatic heterocycles. The van der Waals surface area contributed by atoms with Gasteiger partial charge in [-0.2, -0.15) is 0 Å². The number of likely N-dealkylation sites (tertiary alicyclic amines) is 2. The van der Waals surface area contributed by atoms with E-state index in [1.54, 1.807) is 6.08 Å². The van der Waals surface area contributed by atoms with Gasteiger partial charge in [0.15, 0.2) is 5.94 Å². The van der Waals surface area contributed by atoms with Crippen molar-refractivity contribution in [2.24, 2.45) is 5.41 Å². The number of rotatable bonds is 6. The second-order valence-corrected chi connectivity index (χ2v) is 8.96. The van der Waals surface area contributed by atoms with Gasteiger partial charge in [0, 0.05) is 38.1 Å². The summed E-state index contributed by atoms with van der Waals surface area (Å²) in [5.74, 6) is 2.06. The molecule has 2 aliphatic rings. The topological polar surface area (TPSA) is 59.1 Å². The fourth-order valence-corrected chi connectivity index (χ4v) is 3.92. The van der Waals surface area contributed by atoms with Crippen LogP contribution in [0.3, 0.4) is 0 Å². The van der Waals surface area contributed by atoms with Gasteiger partial charge in [0.2, 0.25) is 5.76 Å². The minimum absolute atomic E-state index is 0.171. The van der Waals surface area contributed by atoms with Gasteiger partial charge in [-0.15, -0.1) is 0 Å². The molecule has 0 aliphatic carbocycles. The van der Waals surface area contributed by atoms with Crippen LogP contribution in [0.25, 0.3) is 0 Å². The summed E-state index contributed by atoms with van der Waals surface area (Å²) < 4.78 is 11.0. The summed E-state index contributed by atoms with van der Waals surface area (Å²) in [6.07, 6.45) is 4.38. The zero-order chi connectivity index (χ0) is 20.9. The molecule has 0 atom stereocenters. The number of hydrogen-bond donors (Lipinski definition) is 0. The Hall–Kier alpha value is -2.56. The molecule has 2 saturated heterocycles. The lowest BCUT2D eigenvalue weighted by molar-refractivity contribution is 0.0162. The maximum absolute atomic E-state index is 12.3. The van der Waals surface area contributed by atoms with Gasteiger partial charge in [-0.1, -0.05) is 36.4 Å². The molecule has 0 radical (unpaired) electrons. The van der Waals surface area contributed by atoms with E-state index < -0.39 is 5.60 Å². The standard InChI is InChI=1S/C23H30N2O4/c1-22(2,3)29-20(14-26)10-7-12-24-16-23(17-24)11-13-25(18-23)21(27)28-15-19-8-5-4-6-9-19/h4-10H,11-13,15-18H2,1-3H3/b10-7+. The molecular formula is C23H30N2O4. The summed E-state index contributed by atoms with van der Waals surface area (Å²) in [4.78, 5) is 27.5. The number of carbonyl (C=O) groups excluding carboxylic acids is 2. The molecular weight excluding hydrogens is 368 g/mol. The van der Waals surface area contributed by atoms with Gasteiger partial charge in [0.1, 0.15) is 12.2 Å². The van der Waals surface area contributed by atoms with E-state index in [0.29, 0.717) is 6.61 Å². The molecule has 0 bridgehead atoms. The first-order valence-corrected chi connectivity index (χ1v) is 10.1. The third-order valence-electron chi connectivity index (χ3n) is 5.17. The summed E-state index contributed by atoms with van der Waals surface area (Å²) in [6, 6.07) is 9.73. The second kappa shape index (κ2) is 8.85. The summed E-state index contributed by atoms with van der Waals surface area (Å²) in [7, 11) is 0. The smallest absolute Gasteiger partial charge is 0.410 e. The van der Waals surface area contributed by atoms with Gasteiger partial charge in [-0.25, -0.2) is 9.59 Å². The monoisotopic (exact) mass is 398 g/mol. The molecule has 156 valence electrons. The molecule has 29 heavy (non-hydrogen) atoms. The first-order valence-electron chi connectivity index (χ1n) is 10.1. The summed E-state index contributed by atoms with van der Waals surface area (Å²) in [6.45, 7) is 10.1. The molecule has 2 heterocycles. The van der Waals surface area contributed by atoms with Crippen LogP contribution in [-0.2, 0) is 20.9 Å². The molecule has 6 heteroatoms. The molecule has 1 spiro atoms. The number of hydrogen-bond acceptors (Lipinski definition) is 5. The van der Waals surface area contributed by atoms with Gasteiger partial charge in [0.05, 0.1) is 0 Å². The fraction of sp³-hybridized carbons (Fsp3) is 0.522. The normalized spacial score (nSPS) is 18.5. The van der Waals surface area contributed by atoms with Crippen LogP contribution in [0.2, 0.25) is 0 Å². The maximum Gasteiger partial charge on any atom is 0.410 e. The minimum Gasteiger partial charge on any atom is -0.478 e.